The van der Waals surface area contributed by atoms with Crippen molar-refractivity contribution in [3.63, 3.8) is 0 Å². The van der Waals surface area contributed by atoms with E-state index in [4.69, 9.17) is 22.6 Å². The van der Waals surface area contributed by atoms with Crippen molar-refractivity contribution in [3.05, 3.63) is 11.5 Å². The molecule has 0 fully saturated rings. The van der Waals surface area contributed by atoms with Crippen LogP contribution in [0.2, 0.25) is 0 Å². The second-order valence-corrected chi connectivity index (χ2v) is 6.61. The fraction of sp³-hybridized carbons (Fsp3) is 0.818. The first-order valence-corrected chi connectivity index (χ1v) is 7.78. The van der Waals surface area contributed by atoms with Gasteiger partial charge in [0.2, 0.25) is 0 Å². The molecule has 0 N–H and O–H groups in total. The number of allylic oxidation sites excluding steroid dienone is 2. The molecule has 0 saturated heterocycles. The molecule has 0 bridgehead atoms. The molecule has 0 aromatic heterocycles. The summed E-state index contributed by atoms with van der Waals surface area (Å²) < 4.78 is 28.7. The SMILES string of the molecule is CCOP1(OCC)(OC(C)C)OC(C)=C(C)O1. The van der Waals surface area contributed by atoms with Crippen molar-refractivity contribution in [3.8, 4) is 0 Å². The first-order chi connectivity index (χ1) is 7.86. The van der Waals surface area contributed by atoms with Gasteiger partial charge in [0.05, 0.1) is 0 Å². The molecule has 0 aromatic carbocycles. The molecule has 0 saturated carbocycles. The van der Waals surface area contributed by atoms with Crippen molar-refractivity contribution in [2.75, 3.05) is 13.2 Å². The molecule has 0 unspecified atom stereocenters. The molecular weight excluding hydrogens is 243 g/mol. The Labute approximate surface area is 103 Å². The van der Waals surface area contributed by atoms with Gasteiger partial charge in [0.25, 0.3) is 0 Å². The van der Waals surface area contributed by atoms with Crippen LogP contribution in [0.1, 0.15) is 41.5 Å². The van der Waals surface area contributed by atoms with Crippen molar-refractivity contribution >= 4 is 7.74 Å². The topological polar surface area (TPSA) is 46.2 Å². The van der Waals surface area contributed by atoms with Gasteiger partial charge in [0.15, 0.2) is 0 Å². The molecule has 1 heterocycles. The molecule has 0 atom stereocenters. The van der Waals surface area contributed by atoms with Crippen molar-refractivity contribution < 1.29 is 22.6 Å². The van der Waals surface area contributed by atoms with Crippen molar-refractivity contribution in [1.29, 1.82) is 0 Å². The Kier molecular flexibility index (Phi) is 4.42. The van der Waals surface area contributed by atoms with Gasteiger partial charge in [-0.3, -0.25) is 0 Å². The predicted octanol–water partition coefficient (Wildman–Crippen LogP) is 3.91. The van der Waals surface area contributed by atoms with Crippen molar-refractivity contribution in [2.45, 2.75) is 47.6 Å². The second kappa shape index (κ2) is 5.11. The van der Waals surface area contributed by atoms with Gasteiger partial charge in [-0.05, 0) is 0 Å². The summed E-state index contributed by atoms with van der Waals surface area (Å²) in [6, 6.07) is 0. The Bertz CT molecular complexity index is 289. The molecule has 0 aliphatic carbocycles. The van der Waals surface area contributed by atoms with Crippen LogP contribution in [-0.2, 0) is 22.6 Å². The monoisotopic (exact) mass is 266 g/mol. The van der Waals surface area contributed by atoms with Crippen LogP contribution in [0.25, 0.3) is 0 Å². The van der Waals surface area contributed by atoms with E-state index in [-0.39, 0.29) is 6.10 Å². The van der Waals surface area contributed by atoms with E-state index >= 15 is 0 Å². The Hall–Kier alpha value is -0.350. The van der Waals surface area contributed by atoms with Gasteiger partial charge >= 0.3 is 103 Å². The molecule has 0 aromatic rings. The summed E-state index contributed by atoms with van der Waals surface area (Å²) in [5.74, 6) is 1.29. The maximum absolute atomic E-state index is 5.81. The number of hydrogen-bond acceptors (Lipinski definition) is 5. The first-order valence-electron chi connectivity index (χ1n) is 5.95. The van der Waals surface area contributed by atoms with E-state index in [0.29, 0.717) is 24.7 Å². The van der Waals surface area contributed by atoms with Gasteiger partial charge in [-0.1, -0.05) is 0 Å². The van der Waals surface area contributed by atoms with Crippen LogP contribution in [0, 0.1) is 0 Å². The Morgan fingerprint density at radius 3 is 1.71 bits per heavy atom. The van der Waals surface area contributed by atoms with Crippen LogP contribution in [0.15, 0.2) is 11.5 Å². The van der Waals surface area contributed by atoms with Gasteiger partial charge in [-0.25, -0.2) is 0 Å². The Morgan fingerprint density at radius 1 is 1.00 bits per heavy atom. The van der Waals surface area contributed by atoms with E-state index in [9.17, 15) is 0 Å². The molecule has 6 heteroatoms. The van der Waals surface area contributed by atoms with E-state index in [1.807, 2.05) is 41.5 Å². The van der Waals surface area contributed by atoms with Crippen LogP contribution >= 0.6 is 7.74 Å². The standard InChI is InChI=1S/C11H23O5P/c1-7-12-17(13-8-2,14-9(3)4)15-10(5)11(6)16-17/h9H,7-8H2,1-6H3. The van der Waals surface area contributed by atoms with Crippen LogP contribution in [0.5, 0.6) is 0 Å². The summed E-state index contributed by atoms with van der Waals surface area (Å²) >= 11 is 0. The summed E-state index contributed by atoms with van der Waals surface area (Å²) in [7, 11) is -3.93. The minimum absolute atomic E-state index is 0.121. The zero-order valence-electron chi connectivity index (χ0n) is 11.5. The third-order valence-electron chi connectivity index (χ3n) is 2.13. The normalized spacial score (nSPS) is 24.1. The predicted molar refractivity (Wildman–Crippen MR) is 66.9 cm³/mol. The molecule has 0 radical (unpaired) electrons. The summed E-state index contributed by atoms with van der Waals surface area (Å²) in [6.45, 7) is 11.9. The number of rotatable bonds is 6. The molecule has 0 amide bonds. The van der Waals surface area contributed by atoms with Gasteiger partial charge in [0.1, 0.15) is 0 Å². The van der Waals surface area contributed by atoms with Crippen LogP contribution < -0.4 is 0 Å². The van der Waals surface area contributed by atoms with Gasteiger partial charge in [-0.2, -0.15) is 0 Å². The maximum atomic E-state index is 5.81. The van der Waals surface area contributed by atoms with Crippen LogP contribution in [0.4, 0.5) is 0 Å². The van der Waals surface area contributed by atoms with Crippen molar-refractivity contribution in [2.24, 2.45) is 0 Å². The summed E-state index contributed by atoms with van der Waals surface area (Å²) in [4.78, 5) is 0. The van der Waals surface area contributed by atoms with Crippen LogP contribution in [0.3, 0.4) is 0 Å². The zero-order chi connectivity index (χ0) is 13.1. The molecule has 102 valence electrons. The van der Waals surface area contributed by atoms with Crippen LogP contribution in [-0.4, -0.2) is 19.3 Å². The molecule has 5 nitrogen and oxygen atoms in total. The Morgan fingerprint density at radius 2 is 1.41 bits per heavy atom. The quantitative estimate of drug-likeness (QED) is 0.682. The van der Waals surface area contributed by atoms with E-state index in [0.717, 1.165) is 0 Å². The molecule has 1 aliphatic heterocycles. The molecular formula is C11H23O5P. The summed E-state index contributed by atoms with van der Waals surface area (Å²) in [5, 5.41) is 0. The molecule has 17 heavy (non-hydrogen) atoms. The van der Waals surface area contributed by atoms with E-state index in [1.165, 1.54) is 0 Å². The summed E-state index contributed by atoms with van der Waals surface area (Å²) in [5.41, 5.74) is 0. The van der Waals surface area contributed by atoms with Crippen molar-refractivity contribution in [1.82, 2.24) is 0 Å². The van der Waals surface area contributed by atoms with E-state index in [2.05, 4.69) is 0 Å². The minimum atomic E-state index is -3.93. The molecule has 1 aliphatic rings. The zero-order valence-corrected chi connectivity index (χ0v) is 12.4. The fourth-order valence-electron chi connectivity index (χ4n) is 1.61. The third kappa shape index (κ3) is 2.91. The average Bonchev–Trinajstić information content (AvgIpc) is 2.38. The first kappa shape index (κ1) is 14.7. The fourth-order valence-corrected chi connectivity index (χ4v) is 4.82. The second-order valence-electron chi connectivity index (χ2n) is 4.03. The average molecular weight is 266 g/mol. The van der Waals surface area contributed by atoms with Gasteiger partial charge in [-0.15, -0.1) is 0 Å². The number of hydrogen-bond donors (Lipinski definition) is 0. The third-order valence-corrected chi connectivity index (χ3v) is 5.40. The Balaban J connectivity index is 3.07. The van der Waals surface area contributed by atoms with Gasteiger partial charge < -0.3 is 0 Å². The summed E-state index contributed by atoms with van der Waals surface area (Å²) in [6.07, 6.45) is -0.121. The molecule has 0 spiro atoms. The van der Waals surface area contributed by atoms with Gasteiger partial charge in [0, 0.05) is 0 Å². The van der Waals surface area contributed by atoms with E-state index in [1.54, 1.807) is 0 Å². The molecule has 1 rings (SSSR count). The van der Waals surface area contributed by atoms with E-state index < -0.39 is 7.74 Å².